The van der Waals surface area contributed by atoms with Crippen LogP contribution in [0.2, 0.25) is 0 Å². The summed E-state index contributed by atoms with van der Waals surface area (Å²) in [6.07, 6.45) is 0. The average molecular weight is 439 g/mol. The lowest BCUT2D eigenvalue weighted by Gasteiger charge is -2.21. The third kappa shape index (κ3) is 4.44. The van der Waals surface area contributed by atoms with E-state index in [0.717, 1.165) is 0 Å². The summed E-state index contributed by atoms with van der Waals surface area (Å²) in [6, 6.07) is 21.0. The number of hydrogen-bond donors (Lipinski definition) is 0. The van der Waals surface area contributed by atoms with Gasteiger partial charge in [-0.25, -0.2) is 13.2 Å². The molecule has 0 aliphatic heterocycles. The van der Waals surface area contributed by atoms with E-state index in [1.807, 2.05) is 0 Å². The van der Waals surface area contributed by atoms with Gasteiger partial charge in [-0.1, -0.05) is 30.3 Å². The van der Waals surface area contributed by atoms with Crippen molar-refractivity contribution in [3.05, 3.63) is 90.0 Å². The van der Waals surface area contributed by atoms with Crippen molar-refractivity contribution in [1.29, 1.82) is 0 Å². The lowest BCUT2D eigenvalue weighted by molar-refractivity contribution is 0.0601. The summed E-state index contributed by atoms with van der Waals surface area (Å²) >= 11 is 0. The van der Waals surface area contributed by atoms with Gasteiger partial charge in [0.1, 0.15) is 0 Å². The van der Waals surface area contributed by atoms with Crippen LogP contribution in [0.15, 0.2) is 83.8 Å². The highest BCUT2D eigenvalue weighted by Crippen LogP contribution is 2.24. The minimum atomic E-state index is -3.78. The second-order valence-corrected chi connectivity index (χ2v) is 8.67. The van der Waals surface area contributed by atoms with Gasteiger partial charge in [-0.2, -0.15) is 0 Å². The average Bonchev–Trinajstić information content (AvgIpc) is 2.82. The number of nitrogens with zero attached hydrogens (tertiary/aromatic N) is 2. The molecule has 0 saturated carbocycles. The molecule has 3 aromatic carbocycles. The smallest absolute Gasteiger partial charge is 0.339 e. The number of methoxy groups -OCH3 is 1. The first-order valence-electron chi connectivity index (χ1n) is 9.37. The van der Waals surface area contributed by atoms with Crippen molar-refractivity contribution in [2.24, 2.45) is 0 Å². The lowest BCUT2D eigenvalue weighted by atomic mass is 10.1. The van der Waals surface area contributed by atoms with E-state index >= 15 is 0 Å². The zero-order valence-corrected chi connectivity index (χ0v) is 18.2. The van der Waals surface area contributed by atoms with Crippen molar-refractivity contribution >= 4 is 33.3 Å². The van der Waals surface area contributed by atoms with Crippen molar-refractivity contribution in [3.8, 4) is 0 Å². The number of carbonyl (C=O) groups is 2. The van der Waals surface area contributed by atoms with E-state index in [0.29, 0.717) is 11.4 Å². The summed E-state index contributed by atoms with van der Waals surface area (Å²) in [5, 5.41) is 0. The molecular weight excluding hydrogens is 416 g/mol. The fraction of sp³-hybridized carbons (Fsp3) is 0.130. The summed E-state index contributed by atoms with van der Waals surface area (Å²) in [5.74, 6) is -0.947. The first-order valence-corrected chi connectivity index (χ1v) is 10.8. The summed E-state index contributed by atoms with van der Waals surface area (Å²) in [5.41, 5.74) is 1.45. The molecule has 0 saturated heterocycles. The topological polar surface area (TPSA) is 84.0 Å². The summed E-state index contributed by atoms with van der Waals surface area (Å²) in [7, 11) is 0.502. The van der Waals surface area contributed by atoms with E-state index in [-0.39, 0.29) is 16.0 Å². The molecular formula is C23H22N2O5S. The van der Waals surface area contributed by atoms with Crippen molar-refractivity contribution in [1.82, 2.24) is 0 Å². The number of rotatable bonds is 6. The normalized spacial score (nSPS) is 10.9. The maximum Gasteiger partial charge on any atom is 0.339 e. The molecule has 0 heterocycles. The highest BCUT2D eigenvalue weighted by molar-refractivity contribution is 7.92. The number of sulfonamides is 1. The maximum absolute atomic E-state index is 12.9. The lowest BCUT2D eigenvalue weighted by Crippen LogP contribution is -2.28. The Bertz CT molecular complexity index is 1190. The molecule has 0 bridgehead atoms. The van der Waals surface area contributed by atoms with Crippen LogP contribution in [0.1, 0.15) is 20.7 Å². The predicted molar refractivity (Wildman–Crippen MR) is 119 cm³/mol. The first-order chi connectivity index (χ1) is 14.8. The molecule has 0 aromatic heterocycles. The molecule has 1 amide bonds. The van der Waals surface area contributed by atoms with Gasteiger partial charge >= 0.3 is 5.97 Å². The number of esters is 1. The SMILES string of the molecule is COC(=O)c1ccccc1N(C)C(=O)c1ccc(S(=O)(=O)N(C)c2ccccc2)cc1. The van der Waals surface area contributed by atoms with Gasteiger partial charge in [-0.3, -0.25) is 9.10 Å². The fourth-order valence-electron chi connectivity index (χ4n) is 3.06. The minimum Gasteiger partial charge on any atom is -0.465 e. The van der Waals surface area contributed by atoms with Crippen molar-refractivity contribution in [2.45, 2.75) is 4.90 Å². The molecule has 3 rings (SSSR count). The van der Waals surface area contributed by atoms with Crippen LogP contribution in [0, 0.1) is 0 Å². The Morgan fingerprint density at radius 2 is 1.39 bits per heavy atom. The highest BCUT2D eigenvalue weighted by Gasteiger charge is 2.23. The van der Waals surface area contributed by atoms with E-state index in [4.69, 9.17) is 4.74 Å². The standard InChI is InChI=1S/C23H22N2O5S/c1-24(21-12-8-7-11-20(21)23(27)30-3)22(26)17-13-15-19(16-14-17)31(28,29)25(2)18-9-5-4-6-10-18/h4-16H,1-3H3. The molecule has 0 radical (unpaired) electrons. The second-order valence-electron chi connectivity index (χ2n) is 6.71. The molecule has 0 N–H and O–H groups in total. The largest absolute Gasteiger partial charge is 0.465 e. The Labute approximate surface area is 181 Å². The highest BCUT2D eigenvalue weighted by atomic mass is 32.2. The monoisotopic (exact) mass is 438 g/mol. The van der Waals surface area contributed by atoms with Crippen LogP contribution in [0.4, 0.5) is 11.4 Å². The Kier molecular flexibility index (Phi) is 6.41. The molecule has 0 spiro atoms. The van der Waals surface area contributed by atoms with E-state index in [2.05, 4.69) is 0 Å². The fourth-order valence-corrected chi connectivity index (χ4v) is 4.25. The molecule has 0 aliphatic carbocycles. The zero-order chi connectivity index (χ0) is 22.6. The Morgan fingerprint density at radius 3 is 2.00 bits per heavy atom. The van der Waals surface area contributed by atoms with Crippen molar-refractivity contribution in [3.63, 3.8) is 0 Å². The molecule has 0 aliphatic rings. The molecule has 160 valence electrons. The third-order valence-corrected chi connectivity index (χ3v) is 6.65. The molecule has 7 nitrogen and oxygen atoms in total. The quantitative estimate of drug-likeness (QED) is 0.550. The molecule has 0 atom stereocenters. The predicted octanol–water partition coefficient (Wildman–Crippen LogP) is 3.57. The van der Waals surface area contributed by atoms with Gasteiger partial charge in [-0.15, -0.1) is 0 Å². The Morgan fingerprint density at radius 1 is 0.806 bits per heavy atom. The van der Waals surface area contributed by atoms with E-state index in [1.165, 1.54) is 54.7 Å². The van der Waals surface area contributed by atoms with Gasteiger partial charge in [0, 0.05) is 19.7 Å². The van der Waals surface area contributed by atoms with Gasteiger partial charge in [0.05, 0.1) is 28.9 Å². The van der Waals surface area contributed by atoms with E-state index < -0.39 is 21.9 Å². The maximum atomic E-state index is 12.9. The molecule has 0 unspecified atom stereocenters. The van der Waals surface area contributed by atoms with Gasteiger partial charge < -0.3 is 9.64 Å². The Balaban J connectivity index is 1.86. The molecule has 8 heteroatoms. The van der Waals surface area contributed by atoms with Crippen LogP contribution < -0.4 is 9.21 Å². The number of benzene rings is 3. The number of para-hydroxylation sites is 2. The summed E-state index contributed by atoms with van der Waals surface area (Å²) in [4.78, 5) is 26.3. The van der Waals surface area contributed by atoms with Crippen LogP contribution in [-0.2, 0) is 14.8 Å². The Hall–Kier alpha value is -3.65. The van der Waals surface area contributed by atoms with E-state index in [9.17, 15) is 18.0 Å². The summed E-state index contributed by atoms with van der Waals surface area (Å²) in [6.45, 7) is 0. The second kappa shape index (κ2) is 9.01. The number of ether oxygens (including phenoxy) is 1. The van der Waals surface area contributed by atoms with Gasteiger partial charge in [0.2, 0.25) is 0 Å². The van der Waals surface area contributed by atoms with Crippen LogP contribution in [0.5, 0.6) is 0 Å². The first kappa shape index (κ1) is 22.0. The van der Waals surface area contributed by atoms with Crippen molar-refractivity contribution < 1.29 is 22.7 Å². The number of amides is 1. The van der Waals surface area contributed by atoms with Gasteiger partial charge in [-0.05, 0) is 48.5 Å². The number of hydrogen-bond acceptors (Lipinski definition) is 5. The molecule has 0 fully saturated rings. The summed E-state index contributed by atoms with van der Waals surface area (Å²) < 4.78 is 31.8. The van der Waals surface area contributed by atoms with Crippen LogP contribution in [0.3, 0.4) is 0 Å². The van der Waals surface area contributed by atoms with Crippen LogP contribution in [0.25, 0.3) is 0 Å². The van der Waals surface area contributed by atoms with Gasteiger partial charge in [0.15, 0.2) is 0 Å². The minimum absolute atomic E-state index is 0.0630. The van der Waals surface area contributed by atoms with Crippen LogP contribution >= 0.6 is 0 Å². The molecule has 31 heavy (non-hydrogen) atoms. The van der Waals surface area contributed by atoms with Gasteiger partial charge in [0.25, 0.3) is 15.9 Å². The third-order valence-electron chi connectivity index (χ3n) is 4.85. The van der Waals surface area contributed by atoms with E-state index in [1.54, 1.807) is 54.6 Å². The van der Waals surface area contributed by atoms with Crippen LogP contribution in [-0.4, -0.2) is 41.5 Å². The zero-order valence-electron chi connectivity index (χ0n) is 17.3. The number of anilines is 2. The molecule has 3 aromatic rings. The number of carbonyl (C=O) groups excluding carboxylic acids is 2. The van der Waals surface area contributed by atoms with Crippen molar-refractivity contribution in [2.75, 3.05) is 30.4 Å².